The van der Waals surface area contributed by atoms with Gasteiger partial charge in [-0.15, -0.1) is 0 Å². The number of likely N-dealkylation sites (tertiary alicyclic amines) is 1. The van der Waals surface area contributed by atoms with Crippen LogP contribution < -0.4 is 10.6 Å². The number of nitrogens with one attached hydrogen (secondary N) is 2. The first-order valence-electron chi connectivity index (χ1n) is 8.78. The number of rotatable bonds is 6. The smallest absolute Gasteiger partial charge is 0.133 e. The highest BCUT2D eigenvalue weighted by molar-refractivity contribution is 5.47. The van der Waals surface area contributed by atoms with Crippen LogP contribution in [0.4, 0.5) is 5.82 Å². The quantitative estimate of drug-likeness (QED) is 0.811. The summed E-state index contributed by atoms with van der Waals surface area (Å²) in [6.07, 6.45) is 3.27. The molecule has 128 valence electrons. The highest BCUT2D eigenvalue weighted by Crippen LogP contribution is 2.22. The molecule has 0 saturated carbocycles. The Morgan fingerprint density at radius 1 is 1.30 bits per heavy atom. The molecule has 1 fully saturated rings. The summed E-state index contributed by atoms with van der Waals surface area (Å²) in [6, 6.07) is 0. The molecule has 1 atom stereocenters. The van der Waals surface area contributed by atoms with E-state index in [-0.39, 0.29) is 0 Å². The topological polar surface area (TPSA) is 62.3 Å². The van der Waals surface area contributed by atoms with Crippen LogP contribution in [-0.2, 0) is 17.6 Å². The van der Waals surface area contributed by atoms with Crippen LogP contribution in [0.3, 0.4) is 0 Å². The molecular weight excluding hydrogens is 290 g/mol. The second-order valence-corrected chi connectivity index (χ2v) is 6.62. The average molecular weight is 319 g/mol. The van der Waals surface area contributed by atoms with Crippen molar-refractivity contribution in [3.05, 3.63) is 17.1 Å². The number of ether oxygens (including phenoxy) is 1. The molecule has 1 saturated heterocycles. The molecule has 0 bridgehead atoms. The lowest BCUT2D eigenvalue weighted by atomic mass is 10.1. The molecular formula is C17H29N5O. The fraction of sp³-hybridized carbons (Fsp3) is 0.765. The minimum atomic E-state index is 0.696. The van der Waals surface area contributed by atoms with E-state index in [9.17, 15) is 0 Å². The van der Waals surface area contributed by atoms with Gasteiger partial charge in [-0.1, -0.05) is 0 Å². The Hall–Kier alpha value is -1.24. The van der Waals surface area contributed by atoms with Crippen molar-refractivity contribution in [2.24, 2.45) is 5.92 Å². The summed E-state index contributed by atoms with van der Waals surface area (Å²) in [4.78, 5) is 11.8. The summed E-state index contributed by atoms with van der Waals surface area (Å²) in [6.45, 7) is 9.23. The highest BCUT2D eigenvalue weighted by atomic mass is 16.5. The summed E-state index contributed by atoms with van der Waals surface area (Å²) in [7, 11) is 1.77. The Bertz CT molecular complexity index is 522. The normalized spacial score (nSPS) is 21.9. The SMILES string of the molecule is COCCN1CCC(CNc2nc(C)nc3c2CCNCC3)C1. The number of methoxy groups -OCH3 is 1. The first kappa shape index (κ1) is 16.6. The zero-order chi connectivity index (χ0) is 16.1. The zero-order valence-electron chi connectivity index (χ0n) is 14.4. The number of aryl methyl sites for hydroxylation is 1. The van der Waals surface area contributed by atoms with E-state index in [2.05, 4.69) is 25.5 Å². The molecule has 3 heterocycles. The molecule has 23 heavy (non-hydrogen) atoms. The van der Waals surface area contributed by atoms with Crippen LogP contribution in [0.15, 0.2) is 0 Å². The van der Waals surface area contributed by atoms with E-state index in [0.29, 0.717) is 5.92 Å². The van der Waals surface area contributed by atoms with Gasteiger partial charge in [0, 0.05) is 45.3 Å². The minimum Gasteiger partial charge on any atom is -0.383 e. The second kappa shape index (κ2) is 8.04. The Morgan fingerprint density at radius 2 is 2.17 bits per heavy atom. The number of anilines is 1. The Morgan fingerprint density at radius 3 is 3.04 bits per heavy atom. The van der Waals surface area contributed by atoms with Crippen LogP contribution in [-0.4, -0.2) is 67.9 Å². The van der Waals surface area contributed by atoms with Gasteiger partial charge in [-0.25, -0.2) is 9.97 Å². The predicted octanol–water partition coefficient (Wildman–Crippen LogP) is 0.853. The molecule has 3 rings (SSSR count). The van der Waals surface area contributed by atoms with Crippen molar-refractivity contribution in [1.29, 1.82) is 0 Å². The predicted molar refractivity (Wildman–Crippen MR) is 92.0 cm³/mol. The fourth-order valence-corrected chi connectivity index (χ4v) is 3.56. The Balaban J connectivity index is 1.59. The summed E-state index contributed by atoms with van der Waals surface area (Å²) < 4.78 is 5.18. The van der Waals surface area contributed by atoms with Gasteiger partial charge in [-0.05, 0) is 38.8 Å². The maximum Gasteiger partial charge on any atom is 0.133 e. The van der Waals surface area contributed by atoms with Crippen molar-refractivity contribution < 1.29 is 4.74 Å². The third-order valence-electron chi connectivity index (χ3n) is 4.83. The van der Waals surface area contributed by atoms with Gasteiger partial charge in [0.2, 0.25) is 0 Å². The van der Waals surface area contributed by atoms with E-state index in [1.165, 1.54) is 24.2 Å². The summed E-state index contributed by atoms with van der Waals surface area (Å²) in [5, 5.41) is 7.07. The van der Waals surface area contributed by atoms with Crippen LogP contribution in [0.1, 0.15) is 23.5 Å². The molecule has 0 amide bonds. The molecule has 0 aliphatic carbocycles. The maximum atomic E-state index is 5.18. The van der Waals surface area contributed by atoms with Crippen LogP contribution >= 0.6 is 0 Å². The maximum absolute atomic E-state index is 5.18. The summed E-state index contributed by atoms with van der Waals surface area (Å²) in [5.41, 5.74) is 2.54. The Labute approximate surface area is 139 Å². The lowest BCUT2D eigenvalue weighted by Gasteiger charge is -2.17. The number of hydrogen-bond donors (Lipinski definition) is 2. The molecule has 2 aliphatic rings. The van der Waals surface area contributed by atoms with Gasteiger partial charge in [0.15, 0.2) is 0 Å². The minimum absolute atomic E-state index is 0.696. The van der Waals surface area contributed by atoms with Gasteiger partial charge < -0.3 is 20.3 Å². The molecule has 2 aliphatic heterocycles. The van der Waals surface area contributed by atoms with Gasteiger partial charge in [0.05, 0.1) is 12.3 Å². The number of hydrogen-bond acceptors (Lipinski definition) is 6. The van der Waals surface area contributed by atoms with Crippen LogP contribution in [0.25, 0.3) is 0 Å². The molecule has 2 N–H and O–H groups in total. The first-order chi connectivity index (χ1) is 11.3. The molecule has 6 nitrogen and oxygen atoms in total. The van der Waals surface area contributed by atoms with Gasteiger partial charge in [0.1, 0.15) is 11.6 Å². The van der Waals surface area contributed by atoms with Crippen molar-refractivity contribution in [1.82, 2.24) is 20.2 Å². The van der Waals surface area contributed by atoms with Crippen molar-refractivity contribution >= 4 is 5.82 Å². The first-order valence-corrected chi connectivity index (χ1v) is 8.78. The summed E-state index contributed by atoms with van der Waals surface area (Å²) in [5.74, 6) is 2.63. The van der Waals surface area contributed by atoms with Gasteiger partial charge >= 0.3 is 0 Å². The third-order valence-corrected chi connectivity index (χ3v) is 4.83. The molecule has 0 aromatic carbocycles. The number of aromatic nitrogens is 2. The molecule has 1 unspecified atom stereocenters. The van der Waals surface area contributed by atoms with Crippen molar-refractivity contribution in [3.63, 3.8) is 0 Å². The van der Waals surface area contributed by atoms with Crippen LogP contribution in [0.5, 0.6) is 0 Å². The molecule has 0 radical (unpaired) electrons. The Kier molecular flexibility index (Phi) is 5.80. The van der Waals surface area contributed by atoms with E-state index in [1.54, 1.807) is 7.11 Å². The monoisotopic (exact) mass is 319 g/mol. The van der Waals surface area contributed by atoms with Gasteiger partial charge in [0.25, 0.3) is 0 Å². The largest absolute Gasteiger partial charge is 0.383 e. The fourth-order valence-electron chi connectivity index (χ4n) is 3.56. The lowest BCUT2D eigenvalue weighted by Crippen LogP contribution is -2.26. The number of nitrogens with zero attached hydrogens (tertiary/aromatic N) is 3. The molecule has 1 aromatic rings. The van der Waals surface area contributed by atoms with Gasteiger partial charge in [-0.3, -0.25) is 0 Å². The van der Waals surface area contributed by atoms with Crippen molar-refractivity contribution in [2.75, 3.05) is 58.3 Å². The summed E-state index contributed by atoms with van der Waals surface area (Å²) >= 11 is 0. The standard InChI is InChI=1S/C17H29N5O/c1-13-20-16-4-7-18-6-3-15(16)17(21-13)19-11-14-5-8-22(12-14)9-10-23-2/h14,18H,3-12H2,1-2H3,(H,19,20,21). The van der Waals surface area contributed by atoms with Crippen molar-refractivity contribution in [2.45, 2.75) is 26.2 Å². The van der Waals surface area contributed by atoms with E-state index in [4.69, 9.17) is 4.74 Å². The van der Waals surface area contributed by atoms with E-state index >= 15 is 0 Å². The van der Waals surface area contributed by atoms with E-state index in [0.717, 1.165) is 63.8 Å². The van der Waals surface area contributed by atoms with E-state index in [1.807, 2.05) is 6.92 Å². The average Bonchev–Trinajstić information content (AvgIpc) is 2.87. The van der Waals surface area contributed by atoms with Crippen molar-refractivity contribution in [3.8, 4) is 0 Å². The number of fused-ring (bicyclic) bond motifs is 1. The second-order valence-electron chi connectivity index (χ2n) is 6.62. The highest BCUT2D eigenvalue weighted by Gasteiger charge is 2.23. The van der Waals surface area contributed by atoms with Gasteiger partial charge in [-0.2, -0.15) is 0 Å². The third kappa shape index (κ3) is 4.40. The molecule has 1 aromatic heterocycles. The van der Waals surface area contributed by atoms with Crippen LogP contribution in [0.2, 0.25) is 0 Å². The van der Waals surface area contributed by atoms with E-state index < -0.39 is 0 Å². The zero-order valence-corrected chi connectivity index (χ0v) is 14.4. The molecule has 0 spiro atoms. The lowest BCUT2D eigenvalue weighted by molar-refractivity contribution is 0.159. The van der Waals surface area contributed by atoms with Crippen LogP contribution in [0, 0.1) is 12.8 Å². The molecule has 6 heteroatoms.